The SMILES string of the molecule is CCCCCCCCCCCCc1cc(C)cc(-n2nc3ccccc3n2)c1O.OCCO. The minimum Gasteiger partial charge on any atom is -0.505 e. The van der Waals surface area contributed by atoms with Crippen LogP contribution in [0.2, 0.25) is 0 Å². The van der Waals surface area contributed by atoms with Crippen LogP contribution in [0.3, 0.4) is 0 Å². The van der Waals surface area contributed by atoms with Crippen molar-refractivity contribution in [1.82, 2.24) is 15.0 Å². The predicted octanol–water partition coefficient (Wildman–Crippen LogP) is 5.87. The molecule has 1 aromatic heterocycles. The first kappa shape index (κ1) is 26.8. The van der Waals surface area contributed by atoms with E-state index in [1.165, 1.54) is 57.8 Å². The molecule has 0 saturated carbocycles. The number of aryl methyl sites for hydroxylation is 2. The lowest BCUT2D eigenvalue weighted by molar-refractivity contribution is 0.186. The van der Waals surface area contributed by atoms with Crippen molar-refractivity contribution in [1.29, 1.82) is 0 Å². The topological polar surface area (TPSA) is 91.4 Å². The van der Waals surface area contributed by atoms with Crippen LogP contribution in [0.1, 0.15) is 82.3 Å². The molecule has 0 aliphatic carbocycles. The van der Waals surface area contributed by atoms with E-state index < -0.39 is 0 Å². The van der Waals surface area contributed by atoms with Crippen LogP contribution in [0, 0.1) is 6.92 Å². The Morgan fingerprint density at radius 1 is 0.758 bits per heavy atom. The fourth-order valence-corrected chi connectivity index (χ4v) is 3.95. The third-order valence-electron chi connectivity index (χ3n) is 5.71. The lowest BCUT2D eigenvalue weighted by Crippen LogP contribution is -2.02. The third-order valence-corrected chi connectivity index (χ3v) is 5.71. The second-order valence-corrected chi connectivity index (χ2v) is 8.65. The van der Waals surface area contributed by atoms with Gasteiger partial charge in [-0.3, -0.25) is 0 Å². The smallest absolute Gasteiger partial charge is 0.146 e. The molecule has 3 N–H and O–H groups in total. The molecule has 0 unspecified atom stereocenters. The molecule has 3 aromatic rings. The molecule has 6 nitrogen and oxygen atoms in total. The largest absolute Gasteiger partial charge is 0.505 e. The van der Waals surface area contributed by atoms with E-state index in [1.54, 1.807) is 4.80 Å². The van der Waals surface area contributed by atoms with Gasteiger partial charge in [0, 0.05) is 0 Å². The lowest BCUT2D eigenvalue weighted by Gasteiger charge is -2.11. The van der Waals surface area contributed by atoms with Gasteiger partial charge in [-0.25, -0.2) is 0 Å². The highest BCUT2D eigenvalue weighted by atomic mass is 16.3. The number of unbranched alkanes of at least 4 members (excludes halogenated alkanes) is 9. The van der Waals surface area contributed by atoms with E-state index in [9.17, 15) is 5.11 Å². The highest BCUT2D eigenvalue weighted by Gasteiger charge is 2.13. The van der Waals surface area contributed by atoms with Crippen molar-refractivity contribution in [3.63, 3.8) is 0 Å². The van der Waals surface area contributed by atoms with Crippen molar-refractivity contribution in [2.45, 2.75) is 84.5 Å². The number of aliphatic hydroxyl groups is 2. The van der Waals surface area contributed by atoms with Crippen LogP contribution in [0.4, 0.5) is 0 Å². The van der Waals surface area contributed by atoms with Crippen LogP contribution >= 0.6 is 0 Å². The maximum Gasteiger partial charge on any atom is 0.146 e. The number of aromatic nitrogens is 3. The predicted molar refractivity (Wildman–Crippen MR) is 135 cm³/mol. The molecular formula is C27H41N3O3. The molecule has 6 heteroatoms. The zero-order chi connectivity index (χ0) is 23.9. The number of fused-ring (bicyclic) bond motifs is 1. The number of hydrogen-bond acceptors (Lipinski definition) is 5. The summed E-state index contributed by atoms with van der Waals surface area (Å²) in [4.78, 5) is 1.56. The molecular weight excluding hydrogens is 414 g/mol. The van der Waals surface area contributed by atoms with Gasteiger partial charge >= 0.3 is 0 Å². The maximum atomic E-state index is 10.8. The molecule has 0 aliphatic heterocycles. The Balaban J connectivity index is 0.000000890. The Hall–Kier alpha value is -2.44. The molecule has 0 spiro atoms. The summed E-state index contributed by atoms with van der Waals surface area (Å²) >= 11 is 0. The lowest BCUT2D eigenvalue weighted by atomic mass is 10.0. The molecule has 1 heterocycles. The Bertz CT molecular complexity index is 905. The number of phenols is 1. The van der Waals surface area contributed by atoms with Gasteiger partial charge < -0.3 is 15.3 Å². The highest BCUT2D eigenvalue weighted by Crippen LogP contribution is 2.29. The molecule has 33 heavy (non-hydrogen) atoms. The van der Waals surface area contributed by atoms with E-state index in [4.69, 9.17) is 10.2 Å². The minimum atomic E-state index is -0.125. The van der Waals surface area contributed by atoms with E-state index in [-0.39, 0.29) is 13.2 Å². The number of nitrogens with zero attached hydrogens (tertiary/aromatic N) is 3. The molecule has 3 rings (SSSR count). The highest BCUT2D eigenvalue weighted by molar-refractivity contribution is 5.73. The van der Waals surface area contributed by atoms with Gasteiger partial charge in [-0.2, -0.15) is 0 Å². The van der Waals surface area contributed by atoms with Crippen LogP contribution < -0.4 is 0 Å². The van der Waals surface area contributed by atoms with Gasteiger partial charge in [-0.15, -0.1) is 15.0 Å². The van der Waals surface area contributed by atoms with Crippen LogP contribution in [0.15, 0.2) is 36.4 Å². The van der Waals surface area contributed by atoms with E-state index in [0.29, 0.717) is 11.4 Å². The normalized spacial score (nSPS) is 10.9. The number of benzene rings is 2. The second kappa shape index (κ2) is 15.4. The average Bonchev–Trinajstić information content (AvgIpc) is 3.26. The fraction of sp³-hybridized carbons (Fsp3) is 0.556. The van der Waals surface area contributed by atoms with E-state index in [2.05, 4.69) is 30.1 Å². The number of rotatable bonds is 13. The average molecular weight is 456 g/mol. The maximum absolute atomic E-state index is 10.8. The van der Waals surface area contributed by atoms with E-state index in [1.807, 2.05) is 30.3 Å². The molecule has 0 radical (unpaired) electrons. The summed E-state index contributed by atoms with van der Waals surface area (Å²) in [7, 11) is 0. The Labute approximate surface area is 198 Å². The summed E-state index contributed by atoms with van der Waals surface area (Å²) in [6, 6.07) is 11.8. The summed E-state index contributed by atoms with van der Waals surface area (Å²) < 4.78 is 0. The van der Waals surface area contributed by atoms with E-state index >= 15 is 0 Å². The molecule has 0 saturated heterocycles. The fourth-order valence-electron chi connectivity index (χ4n) is 3.95. The number of hydrogen-bond donors (Lipinski definition) is 3. The van der Waals surface area contributed by atoms with Crippen molar-refractivity contribution in [2.24, 2.45) is 0 Å². The molecule has 0 fully saturated rings. The summed E-state index contributed by atoms with van der Waals surface area (Å²) in [5, 5.41) is 35.1. The zero-order valence-corrected chi connectivity index (χ0v) is 20.3. The summed E-state index contributed by atoms with van der Waals surface area (Å²) in [6.45, 7) is 4.08. The Morgan fingerprint density at radius 3 is 1.79 bits per heavy atom. The van der Waals surface area contributed by atoms with Gasteiger partial charge in [-0.05, 0) is 49.1 Å². The van der Waals surface area contributed by atoms with Gasteiger partial charge in [0.25, 0.3) is 0 Å². The molecule has 0 aliphatic rings. The Kier molecular flexibility index (Phi) is 12.5. The van der Waals surface area contributed by atoms with Crippen LogP contribution in [0.25, 0.3) is 16.7 Å². The van der Waals surface area contributed by atoms with Crippen molar-refractivity contribution >= 4 is 11.0 Å². The van der Waals surface area contributed by atoms with Gasteiger partial charge in [0.2, 0.25) is 0 Å². The summed E-state index contributed by atoms with van der Waals surface area (Å²) in [5.74, 6) is 0.312. The monoisotopic (exact) mass is 455 g/mol. The first-order valence-corrected chi connectivity index (χ1v) is 12.5. The van der Waals surface area contributed by atoms with Gasteiger partial charge in [0.05, 0.1) is 13.2 Å². The second-order valence-electron chi connectivity index (χ2n) is 8.65. The molecule has 0 atom stereocenters. The van der Waals surface area contributed by atoms with Gasteiger partial charge in [0.15, 0.2) is 0 Å². The summed E-state index contributed by atoms with van der Waals surface area (Å²) in [5.41, 5.74) is 4.47. The van der Waals surface area contributed by atoms with Crippen molar-refractivity contribution in [2.75, 3.05) is 13.2 Å². The minimum absolute atomic E-state index is 0.125. The third kappa shape index (κ3) is 9.14. The van der Waals surface area contributed by atoms with E-state index in [0.717, 1.165) is 35.0 Å². The first-order valence-electron chi connectivity index (χ1n) is 12.5. The standard InChI is InChI=1S/C25H35N3O.C2H6O2/c1-3-4-5-6-7-8-9-10-11-12-15-21-18-20(2)19-24(25(21)29)28-26-22-16-13-14-17-23(22)27-28;3-1-2-4/h13-14,16-19,29H,3-12,15H2,1-2H3;3-4H,1-2H2. The number of aromatic hydroxyl groups is 1. The van der Waals surface area contributed by atoms with Crippen LogP contribution in [-0.2, 0) is 6.42 Å². The van der Waals surface area contributed by atoms with Crippen molar-refractivity contribution in [3.05, 3.63) is 47.5 Å². The molecule has 2 aromatic carbocycles. The number of phenolic OH excluding ortho intramolecular Hbond substituents is 1. The van der Waals surface area contributed by atoms with Gasteiger partial charge in [-0.1, -0.05) is 82.9 Å². The molecule has 0 amide bonds. The Morgan fingerprint density at radius 2 is 1.27 bits per heavy atom. The first-order chi connectivity index (χ1) is 16.1. The van der Waals surface area contributed by atoms with Crippen molar-refractivity contribution in [3.8, 4) is 11.4 Å². The van der Waals surface area contributed by atoms with Crippen molar-refractivity contribution < 1.29 is 15.3 Å². The van der Waals surface area contributed by atoms with Crippen LogP contribution in [0.5, 0.6) is 5.75 Å². The van der Waals surface area contributed by atoms with Gasteiger partial charge in [0.1, 0.15) is 22.5 Å². The quantitative estimate of drug-likeness (QED) is 0.280. The molecule has 0 bridgehead atoms. The zero-order valence-electron chi connectivity index (χ0n) is 20.3. The summed E-state index contributed by atoms with van der Waals surface area (Å²) in [6.07, 6.45) is 14.1. The van der Waals surface area contributed by atoms with Crippen LogP contribution in [-0.4, -0.2) is 43.5 Å². The number of aliphatic hydroxyl groups excluding tert-OH is 2. The molecule has 182 valence electrons.